The van der Waals surface area contributed by atoms with Gasteiger partial charge >= 0.3 is 6.03 Å². The Bertz CT molecular complexity index is 1090. The maximum atomic E-state index is 13.3. The van der Waals surface area contributed by atoms with E-state index in [1.165, 1.54) is 24.3 Å². The first kappa shape index (κ1) is 23.9. The third-order valence-electron chi connectivity index (χ3n) is 5.73. The molecule has 0 saturated carbocycles. The van der Waals surface area contributed by atoms with E-state index < -0.39 is 41.7 Å². The van der Waals surface area contributed by atoms with Crippen LogP contribution in [-0.4, -0.2) is 41.7 Å². The molecule has 5 amide bonds. The summed E-state index contributed by atoms with van der Waals surface area (Å²) in [6, 6.07) is 8.44. The average molecular weight is 455 g/mol. The molecule has 0 radical (unpaired) electrons. The van der Waals surface area contributed by atoms with Crippen LogP contribution in [0.1, 0.15) is 35.6 Å². The average Bonchev–Trinajstić information content (AvgIpc) is 3.00. The van der Waals surface area contributed by atoms with Crippen LogP contribution in [0, 0.1) is 26.6 Å². The summed E-state index contributed by atoms with van der Waals surface area (Å²) < 4.78 is 13.3. The molecule has 0 aromatic heterocycles. The molecule has 0 spiro atoms. The molecule has 1 aliphatic heterocycles. The van der Waals surface area contributed by atoms with Crippen molar-refractivity contribution in [2.45, 2.75) is 39.7 Å². The Morgan fingerprint density at radius 3 is 2.21 bits per heavy atom. The minimum absolute atomic E-state index is 0.221. The molecule has 2 aromatic rings. The van der Waals surface area contributed by atoms with Crippen molar-refractivity contribution in [3.05, 3.63) is 64.5 Å². The Morgan fingerprint density at radius 1 is 1.03 bits per heavy atom. The first-order valence-electron chi connectivity index (χ1n) is 10.6. The fourth-order valence-corrected chi connectivity index (χ4v) is 4.08. The lowest BCUT2D eigenvalue weighted by Gasteiger charge is -2.25. The van der Waals surface area contributed by atoms with Crippen LogP contribution in [0.3, 0.4) is 0 Å². The molecule has 174 valence electrons. The minimum atomic E-state index is -1.37. The molecule has 9 heteroatoms. The molecule has 1 atom stereocenters. The fraction of sp³-hybridized carbons (Fsp3) is 0.333. The van der Waals surface area contributed by atoms with E-state index in [2.05, 4.69) is 16.0 Å². The van der Waals surface area contributed by atoms with Gasteiger partial charge in [-0.25, -0.2) is 9.18 Å². The normalized spacial score (nSPS) is 17.7. The summed E-state index contributed by atoms with van der Waals surface area (Å²) >= 11 is 0. The van der Waals surface area contributed by atoms with Crippen LogP contribution in [0.5, 0.6) is 0 Å². The second-order valence-corrected chi connectivity index (χ2v) is 8.19. The number of nitrogens with zero attached hydrogens (tertiary/aromatic N) is 1. The second-order valence-electron chi connectivity index (χ2n) is 8.19. The number of rotatable bonds is 7. The Labute approximate surface area is 191 Å². The number of nitrogens with one attached hydrogen (secondary N) is 3. The number of hydrogen-bond acceptors (Lipinski definition) is 4. The lowest BCUT2D eigenvalue weighted by molar-refractivity contribution is -0.135. The monoisotopic (exact) mass is 454 g/mol. The van der Waals surface area contributed by atoms with Gasteiger partial charge in [-0.3, -0.25) is 19.3 Å². The lowest BCUT2D eigenvalue weighted by atomic mass is 9.87. The van der Waals surface area contributed by atoms with Crippen LogP contribution in [-0.2, 0) is 19.9 Å². The number of benzene rings is 2. The van der Waals surface area contributed by atoms with Gasteiger partial charge in [0.2, 0.25) is 11.8 Å². The number of aryl methyl sites for hydroxylation is 3. The first-order valence-corrected chi connectivity index (χ1v) is 10.6. The lowest BCUT2D eigenvalue weighted by Crippen LogP contribution is -2.45. The predicted octanol–water partition coefficient (Wildman–Crippen LogP) is 2.66. The summed E-state index contributed by atoms with van der Waals surface area (Å²) in [5.74, 6) is -2.15. The molecule has 8 nitrogen and oxygen atoms in total. The van der Waals surface area contributed by atoms with Gasteiger partial charge in [-0.15, -0.1) is 0 Å². The molecule has 0 aliphatic carbocycles. The molecule has 0 bridgehead atoms. The number of imide groups is 1. The van der Waals surface area contributed by atoms with Crippen molar-refractivity contribution in [1.29, 1.82) is 0 Å². The van der Waals surface area contributed by atoms with E-state index in [9.17, 15) is 23.6 Å². The molecule has 1 fully saturated rings. The summed E-state index contributed by atoms with van der Waals surface area (Å²) in [5.41, 5.74) is 2.63. The van der Waals surface area contributed by atoms with Crippen molar-refractivity contribution < 1.29 is 23.6 Å². The van der Waals surface area contributed by atoms with Crippen molar-refractivity contribution in [3.63, 3.8) is 0 Å². The topological polar surface area (TPSA) is 108 Å². The zero-order valence-corrected chi connectivity index (χ0v) is 19.0. The van der Waals surface area contributed by atoms with Gasteiger partial charge in [0, 0.05) is 5.69 Å². The molecule has 1 aliphatic rings. The van der Waals surface area contributed by atoms with Gasteiger partial charge in [-0.05, 0) is 56.0 Å². The van der Waals surface area contributed by atoms with Crippen LogP contribution in [0.25, 0.3) is 0 Å². The number of urea groups is 1. The number of carbonyl (C=O) groups excluding carboxylic acids is 4. The number of amides is 5. The molecule has 1 saturated heterocycles. The van der Waals surface area contributed by atoms with Gasteiger partial charge in [0.25, 0.3) is 5.91 Å². The van der Waals surface area contributed by atoms with Crippen LogP contribution in [0.4, 0.5) is 14.9 Å². The Morgan fingerprint density at radius 2 is 1.64 bits per heavy atom. The summed E-state index contributed by atoms with van der Waals surface area (Å²) in [6.45, 7) is 6.59. The van der Waals surface area contributed by atoms with Gasteiger partial charge in [0.1, 0.15) is 17.9 Å². The largest absolute Gasteiger partial charge is 0.345 e. The molecule has 33 heavy (non-hydrogen) atoms. The molecule has 3 rings (SSSR count). The van der Waals surface area contributed by atoms with E-state index in [1.54, 1.807) is 6.92 Å². The van der Waals surface area contributed by atoms with Crippen molar-refractivity contribution in [3.8, 4) is 0 Å². The number of carbonyl (C=O) groups is 4. The smallest absolute Gasteiger partial charge is 0.325 e. The summed E-state index contributed by atoms with van der Waals surface area (Å²) in [4.78, 5) is 51.0. The highest BCUT2D eigenvalue weighted by molar-refractivity contribution is 6.09. The molecular formula is C24H27FN4O4. The van der Waals surface area contributed by atoms with Crippen LogP contribution in [0.2, 0.25) is 0 Å². The summed E-state index contributed by atoms with van der Waals surface area (Å²) in [7, 11) is 0. The van der Waals surface area contributed by atoms with Gasteiger partial charge in [-0.1, -0.05) is 36.8 Å². The zero-order chi connectivity index (χ0) is 24.3. The quantitative estimate of drug-likeness (QED) is 0.559. The third kappa shape index (κ3) is 4.87. The van der Waals surface area contributed by atoms with Gasteiger partial charge < -0.3 is 16.0 Å². The van der Waals surface area contributed by atoms with Crippen molar-refractivity contribution >= 4 is 29.4 Å². The van der Waals surface area contributed by atoms with E-state index in [1.807, 2.05) is 32.9 Å². The van der Waals surface area contributed by atoms with Gasteiger partial charge in [0.15, 0.2) is 0 Å². The van der Waals surface area contributed by atoms with Gasteiger partial charge in [-0.2, -0.15) is 0 Å². The van der Waals surface area contributed by atoms with E-state index in [0.717, 1.165) is 21.6 Å². The molecule has 2 aromatic carbocycles. The van der Waals surface area contributed by atoms with E-state index in [4.69, 9.17) is 0 Å². The van der Waals surface area contributed by atoms with E-state index in [-0.39, 0.29) is 13.0 Å². The second kappa shape index (κ2) is 9.40. The SMILES string of the molecule is CCC1(c2ccc(F)cc2)NC(=O)N(CC(=O)NCC(=O)Nc2c(C)cc(C)cc2C)C1=O. The highest BCUT2D eigenvalue weighted by Gasteiger charge is 2.51. The van der Waals surface area contributed by atoms with Crippen molar-refractivity contribution in [2.75, 3.05) is 18.4 Å². The number of halogens is 1. The number of hydrogen-bond donors (Lipinski definition) is 3. The van der Waals surface area contributed by atoms with Gasteiger partial charge in [0.05, 0.1) is 6.54 Å². The molecule has 1 heterocycles. The first-order chi connectivity index (χ1) is 15.6. The zero-order valence-electron chi connectivity index (χ0n) is 19.0. The highest BCUT2D eigenvalue weighted by Crippen LogP contribution is 2.32. The van der Waals surface area contributed by atoms with E-state index >= 15 is 0 Å². The highest BCUT2D eigenvalue weighted by atomic mass is 19.1. The molecule has 1 unspecified atom stereocenters. The van der Waals surface area contributed by atoms with Crippen molar-refractivity contribution in [1.82, 2.24) is 15.5 Å². The Balaban J connectivity index is 1.62. The fourth-order valence-electron chi connectivity index (χ4n) is 4.08. The van der Waals surface area contributed by atoms with E-state index in [0.29, 0.717) is 11.3 Å². The summed E-state index contributed by atoms with van der Waals surface area (Å²) in [5, 5.41) is 7.84. The third-order valence-corrected chi connectivity index (χ3v) is 5.73. The van der Waals surface area contributed by atoms with Crippen molar-refractivity contribution in [2.24, 2.45) is 0 Å². The van der Waals surface area contributed by atoms with Crippen LogP contribution >= 0.6 is 0 Å². The Hall–Kier alpha value is -3.75. The molecular weight excluding hydrogens is 427 g/mol. The Kier molecular flexibility index (Phi) is 6.81. The predicted molar refractivity (Wildman–Crippen MR) is 121 cm³/mol. The molecule has 3 N–H and O–H groups in total. The number of anilines is 1. The minimum Gasteiger partial charge on any atom is -0.345 e. The van der Waals surface area contributed by atoms with Crippen LogP contribution < -0.4 is 16.0 Å². The van der Waals surface area contributed by atoms with Crippen LogP contribution in [0.15, 0.2) is 36.4 Å². The maximum Gasteiger partial charge on any atom is 0.325 e. The summed E-state index contributed by atoms with van der Waals surface area (Å²) in [6.07, 6.45) is 0.221. The standard InChI is InChI=1S/C24H27FN4O4/c1-5-24(17-6-8-18(25)9-7-17)22(32)29(23(33)28-24)13-20(31)26-12-19(30)27-21-15(3)10-14(2)11-16(21)4/h6-11H,5,12-13H2,1-4H3,(H,26,31)(H,27,30)(H,28,33). The maximum absolute atomic E-state index is 13.3.